The van der Waals surface area contributed by atoms with Gasteiger partial charge in [-0.3, -0.25) is 42.5 Å². The van der Waals surface area contributed by atoms with Crippen LogP contribution in [-0.4, -0.2) is 49.3 Å². The Hall–Kier alpha value is -0.320. The Kier molecular flexibility index (Phi) is 37.5. The summed E-state index contributed by atoms with van der Waals surface area (Å²) >= 11 is 0. The molecule has 4 aliphatic carbocycles. The van der Waals surface area contributed by atoms with E-state index >= 15 is 0 Å². The van der Waals surface area contributed by atoms with Crippen LogP contribution in [-0.2, 0) is 0 Å². The Bertz CT molecular complexity index is 1830. The fraction of sp³-hybridized carbons (Fsp3) is 1.00. The van der Waals surface area contributed by atoms with E-state index in [1.165, 1.54) is 360 Å². The molecule has 9 aliphatic rings. The molecule has 560 valence electrons. The molecule has 0 spiro atoms. The summed E-state index contributed by atoms with van der Waals surface area (Å²) in [5.41, 5.74) is 0. The SMILES string of the molecule is CCCCCCCC1C(CCCCCCC)C(CCCCCCC)C2C3NC(NC4NC(NC5NC(NC6NC(N3)C3C(CCCCCCC)C(CCCCCCC)C(CCCCCCC)C(CCCCCCC)C63)C3CCCCC53)C3CCCCC43)C2C1CCCCCCC. The van der Waals surface area contributed by atoms with Crippen molar-refractivity contribution >= 4 is 0 Å². The summed E-state index contributed by atoms with van der Waals surface area (Å²) in [5.74, 6) is 11.8. The molecule has 0 radical (unpaired) electrons. The molecule has 5 heterocycles. The van der Waals surface area contributed by atoms with E-state index in [0.717, 1.165) is 47.3 Å². The molecule has 8 nitrogen and oxygen atoms in total. The predicted molar refractivity (Wildman–Crippen MR) is 415 cm³/mol. The fourth-order valence-corrected chi connectivity index (χ4v) is 24.5. The monoisotopic (exact) mass is 1340 g/mol. The summed E-state index contributed by atoms with van der Waals surface area (Å²) in [4.78, 5) is 0. The quantitative estimate of drug-likeness (QED) is 0.0286. The van der Waals surface area contributed by atoms with E-state index in [4.69, 9.17) is 26.6 Å². The lowest BCUT2D eigenvalue weighted by Crippen LogP contribution is -2.62. The zero-order valence-electron chi connectivity index (χ0n) is 65.5. The molecule has 0 aromatic heterocycles. The Balaban J connectivity index is 1.21. The first-order chi connectivity index (χ1) is 47.4. The van der Waals surface area contributed by atoms with Crippen molar-refractivity contribution in [2.24, 2.45) is 94.7 Å². The van der Waals surface area contributed by atoms with Gasteiger partial charge in [0.05, 0.1) is 49.3 Å². The molecule has 5 saturated heterocycles. The van der Waals surface area contributed by atoms with E-state index in [-0.39, 0.29) is 0 Å². The largest absolute Gasteiger partial charge is 0.286 e. The van der Waals surface area contributed by atoms with Crippen LogP contribution in [0.15, 0.2) is 0 Å². The number of fused-ring (bicyclic) bond motifs is 20. The molecule has 96 heavy (non-hydrogen) atoms. The van der Waals surface area contributed by atoms with Crippen molar-refractivity contribution in [2.45, 2.75) is 464 Å². The first kappa shape index (κ1) is 79.8. The molecule has 4 saturated carbocycles. The zero-order valence-corrected chi connectivity index (χ0v) is 65.5. The minimum Gasteiger partial charge on any atom is -0.286 e. The maximum atomic E-state index is 5.12. The lowest BCUT2D eigenvalue weighted by Gasteiger charge is -2.54. The third-order valence-corrected chi connectivity index (χ3v) is 29.2. The molecule has 8 bridgehead atoms. The van der Waals surface area contributed by atoms with Gasteiger partial charge in [0.25, 0.3) is 0 Å². The van der Waals surface area contributed by atoms with Crippen molar-refractivity contribution in [3.63, 3.8) is 0 Å². The second kappa shape index (κ2) is 45.1. The van der Waals surface area contributed by atoms with Gasteiger partial charge in [-0.1, -0.05) is 338 Å². The molecule has 8 heteroatoms. The zero-order chi connectivity index (χ0) is 67.1. The topological polar surface area (TPSA) is 96.2 Å². The van der Waals surface area contributed by atoms with Crippen LogP contribution in [0.3, 0.4) is 0 Å². The van der Waals surface area contributed by atoms with E-state index in [1.54, 1.807) is 0 Å². The highest BCUT2D eigenvalue weighted by Crippen LogP contribution is 2.60. The summed E-state index contributed by atoms with van der Waals surface area (Å²) in [6.45, 7) is 19.5. The molecule has 0 aromatic carbocycles. The summed E-state index contributed by atoms with van der Waals surface area (Å²) in [6, 6.07) is 0. The van der Waals surface area contributed by atoms with E-state index in [1.807, 2.05) is 0 Å². The number of hydrogen-bond donors (Lipinski definition) is 8. The highest BCUT2D eigenvalue weighted by atomic mass is 15.4. The highest BCUT2D eigenvalue weighted by Gasteiger charge is 2.63. The van der Waals surface area contributed by atoms with Gasteiger partial charge >= 0.3 is 0 Å². The maximum Gasteiger partial charge on any atom is 0.0631 e. The maximum absolute atomic E-state index is 5.12. The first-order valence-electron chi connectivity index (χ1n) is 45.5. The second-order valence-corrected chi connectivity index (χ2v) is 35.6. The van der Waals surface area contributed by atoms with E-state index < -0.39 is 0 Å². The van der Waals surface area contributed by atoms with Crippen LogP contribution in [0.5, 0.6) is 0 Å². The van der Waals surface area contributed by atoms with Gasteiger partial charge in [-0.05, 0) is 172 Å². The molecular formula is C88H168N8. The predicted octanol–water partition coefficient (Wildman–Crippen LogP) is 23.3. The molecular weight excluding hydrogens is 1170 g/mol. The summed E-state index contributed by atoms with van der Waals surface area (Å²) in [5, 5.41) is 38.6. The lowest BCUT2D eigenvalue weighted by atomic mass is 9.52. The second-order valence-electron chi connectivity index (χ2n) is 35.6. The molecule has 0 aromatic rings. The minimum atomic E-state index is 0.310. The number of hydrogen-bond acceptors (Lipinski definition) is 8. The Labute approximate surface area is 598 Å². The van der Waals surface area contributed by atoms with Gasteiger partial charge < -0.3 is 0 Å². The standard InChI is InChI=1S/C88H168N8/c1-9-17-25-33-41-53-65-67(55-43-35-27-19-11-3)71(59-47-39-31-23-15-7)79-77(69(65)57-45-37-29-21-13-5)85-92-83-75-63-51-49-61-73(75)81(90-83)89-82-74-62-50-52-64-76(74)84(91-82)93-86-78-70(58-46-38-30-22-14-6)66(54-42-34-26-18-10-2)68(56-44-36-28-20-12-4)72(60-48-40-32-24-16-8)80(78)88(95-86)96-87(79)94-85/h65-96H,9-64H2,1-8H3. The van der Waals surface area contributed by atoms with Crippen molar-refractivity contribution in [3.8, 4) is 0 Å². The van der Waals surface area contributed by atoms with Crippen LogP contribution < -0.4 is 42.5 Å². The van der Waals surface area contributed by atoms with Crippen molar-refractivity contribution < 1.29 is 0 Å². The number of unbranched alkanes of at least 4 members (excludes halogenated alkanes) is 32. The molecule has 0 amide bonds. The third-order valence-electron chi connectivity index (χ3n) is 29.2. The number of rotatable bonds is 48. The van der Waals surface area contributed by atoms with Gasteiger partial charge in [-0.15, -0.1) is 0 Å². The summed E-state index contributed by atoms with van der Waals surface area (Å²) in [6.07, 6.45) is 82.2. The fourth-order valence-electron chi connectivity index (χ4n) is 24.5. The van der Waals surface area contributed by atoms with Crippen LogP contribution >= 0.6 is 0 Å². The van der Waals surface area contributed by atoms with Crippen molar-refractivity contribution in [2.75, 3.05) is 0 Å². The van der Waals surface area contributed by atoms with Crippen LogP contribution in [0.25, 0.3) is 0 Å². The smallest absolute Gasteiger partial charge is 0.0631 e. The van der Waals surface area contributed by atoms with Crippen LogP contribution in [0, 0.1) is 94.7 Å². The van der Waals surface area contributed by atoms with Gasteiger partial charge in [0, 0.05) is 0 Å². The van der Waals surface area contributed by atoms with E-state index in [9.17, 15) is 0 Å². The van der Waals surface area contributed by atoms with Crippen molar-refractivity contribution in [1.29, 1.82) is 0 Å². The van der Waals surface area contributed by atoms with Crippen LogP contribution in [0.2, 0.25) is 0 Å². The summed E-state index contributed by atoms with van der Waals surface area (Å²) < 4.78 is 0. The molecule has 9 fully saturated rings. The van der Waals surface area contributed by atoms with Gasteiger partial charge in [0.1, 0.15) is 0 Å². The molecule has 24 unspecified atom stereocenters. The van der Waals surface area contributed by atoms with Crippen LogP contribution in [0.1, 0.15) is 415 Å². The molecule has 9 rings (SSSR count). The number of nitrogens with one attached hydrogen (secondary N) is 8. The van der Waals surface area contributed by atoms with E-state index in [0.29, 0.717) is 96.7 Å². The van der Waals surface area contributed by atoms with Crippen LogP contribution in [0.4, 0.5) is 0 Å². The lowest BCUT2D eigenvalue weighted by molar-refractivity contribution is -0.0531. The van der Waals surface area contributed by atoms with Gasteiger partial charge in [0.2, 0.25) is 0 Å². The summed E-state index contributed by atoms with van der Waals surface area (Å²) in [7, 11) is 0. The Morgan fingerprint density at radius 3 is 0.490 bits per heavy atom. The first-order valence-corrected chi connectivity index (χ1v) is 45.5. The molecule has 5 aliphatic heterocycles. The molecule has 8 N–H and O–H groups in total. The Morgan fingerprint density at radius 1 is 0.167 bits per heavy atom. The van der Waals surface area contributed by atoms with Gasteiger partial charge in [-0.2, -0.15) is 0 Å². The average molecular weight is 1340 g/mol. The Morgan fingerprint density at radius 2 is 0.312 bits per heavy atom. The third kappa shape index (κ3) is 22.4. The van der Waals surface area contributed by atoms with Crippen molar-refractivity contribution in [3.05, 3.63) is 0 Å². The highest BCUT2D eigenvalue weighted by molar-refractivity contribution is 5.14. The van der Waals surface area contributed by atoms with Gasteiger partial charge in [-0.25, -0.2) is 0 Å². The van der Waals surface area contributed by atoms with Gasteiger partial charge in [0.15, 0.2) is 0 Å². The van der Waals surface area contributed by atoms with E-state index in [2.05, 4.69) is 71.3 Å². The van der Waals surface area contributed by atoms with Crippen molar-refractivity contribution in [1.82, 2.24) is 42.5 Å². The average Bonchev–Trinajstić information content (AvgIpc) is 1.52. The minimum absolute atomic E-state index is 0.310. The molecule has 24 atom stereocenters. The normalized spacial score (nSPS) is 37.2.